The summed E-state index contributed by atoms with van der Waals surface area (Å²) in [6.45, 7) is 3.79. The maximum Gasteiger partial charge on any atom is 0.143 e. The number of rotatable bonds is 2. The Labute approximate surface area is 90.0 Å². The van der Waals surface area contributed by atoms with Crippen molar-refractivity contribution in [1.29, 1.82) is 0 Å². The molecular weight excluding hydrogens is 258 g/mol. The second-order valence-corrected chi connectivity index (χ2v) is 4.12. The molecule has 1 aromatic carbocycles. The molecule has 0 radical (unpaired) electrons. The zero-order chi connectivity index (χ0) is 10.0. The van der Waals surface area contributed by atoms with Gasteiger partial charge in [0.25, 0.3) is 0 Å². The van der Waals surface area contributed by atoms with Crippen molar-refractivity contribution in [2.24, 2.45) is 0 Å². The highest BCUT2D eigenvalue weighted by Gasteiger charge is 2.08. The maximum absolute atomic E-state index is 12.9. The summed E-state index contributed by atoms with van der Waals surface area (Å²) >= 11 is 8.78. The van der Waals surface area contributed by atoms with Gasteiger partial charge in [-0.15, -0.1) is 0 Å². The maximum atomic E-state index is 12.9. The molecule has 0 aliphatic heterocycles. The van der Waals surface area contributed by atoms with Gasteiger partial charge in [-0.25, -0.2) is 4.39 Å². The van der Waals surface area contributed by atoms with Crippen molar-refractivity contribution >= 4 is 27.5 Å². The van der Waals surface area contributed by atoms with Crippen LogP contribution in [-0.2, 0) is 0 Å². The molecule has 1 aromatic rings. The molecule has 0 aliphatic rings. The fraction of sp³-hybridized carbons (Fsp3) is 0.333. The molecule has 0 N–H and O–H groups in total. The molecule has 0 aromatic heterocycles. The van der Waals surface area contributed by atoms with Crippen molar-refractivity contribution < 1.29 is 9.13 Å². The molecule has 0 saturated carbocycles. The highest BCUT2D eigenvalue weighted by molar-refractivity contribution is 9.10. The summed E-state index contributed by atoms with van der Waals surface area (Å²) in [5.41, 5.74) is 0. The van der Waals surface area contributed by atoms with Crippen LogP contribution in [-0.4, -0.2) is 6.10 Å². The summed E-state index contributed by atoms with van der Waals surface area (Å²) in [5.74, 6) is 0.103. The van der Waals surface area contributed by atoms with Gasteiger partial charge in [-0.3, -0.25) is 0 Å². The predicted octanol–water partition coefficient (Wildman–Crippen LogP) is 4.03. The standard InChI is InChI=1S/C9H9BrClFO/c1-5(2)13-9-4-7(11)8(12)3-6(9)10/h3-5H,1-2H3. The van der Waals surface area contributed by atoms with Gasteiger partial charge in [0.15, 0.2) is 0 Å². The number of halogens is 3. The van der Waals surface area contributed by atoms with Crippen LogP contribution >= 0.6 is 27.5 Å². The minimum atomic E-state index is -0.454. The monoisotopic (exact) mass is 266 g/mol. The third-order valence-electron chi connectivity index (χ3n) is 1.34. The summed E-state index contributed by atoms with van der Waals surface area (Å²) in [5, 5.41) is 0.0684. The minimum absolute atomic E-state index is 0.0397. The van der Waals surface area contributed by atoms with E-state index >= 15 is 0 Å². The molecule has 0 amide bonds. The van der Waals surface area contributed by atoms with Gasteiger partial charge in [0.05, 0.1) is 15.6 Å². The Morgan fingerprint density at radius 1 is 1.46 bits per heavy atom. The average molecular weight is 268 g/mol. The van der Waals surface area contributed by atoms with E-state index in [2.05, 4.69) is 15.9 Å². The SMILES string of the molecule is CC(C)Oc1cc(Cl)c(F)cc1Br. The number of ether oxygens (including phenoxy) is 1. The van der Waals surface area contributed by atoms with E-state index in [9.17, 15) is 4.39 Å². The fourth-order valence-corrected chi connectivity index (χ4v) is 1.41. The van der Waals surface area contributed by atoms with Crippen LogP contribution in [0.4, 0.5) is 4.39 Å². The lowest BCUT2D eigenvalue weighted by molar-refractivity contribution is 0.240. The van der Waals surface area contributed by atoms with Gasteiger partial charge in [-0.2, -0.15) is 0 Å². The fourth-order valence-electron chi connectivity index (χ4n) is 0.849. The molecule has 1 rings (SSSR count). The highest BCUT2D eigenvalue weighted by Crippen LogP contribution is 2.31. The lowest BCUT2D eigenvalue weighted by atomic mass is 10.3. The third-order valence-corrected chi connectivity index (χ3v) is 2.25. The molecular formula is C9H9BrClFO. The lowest BCUT2D eigenvalue weighted by Gasteiger charge is -2.11. The average Bonchev–Trinajstić information content (AvgIpc) is 1.99. The van der Waals surface area contributed by atoms with Gasteiger partial charge in [0.2, 0.25) is 0 Å². The Balaban J connectivity index is 3.01. The van der Waals surface area contributed by atoms with Crippen LogP contribution < -0.4 is 4.74 Å². The van der Waals surface area contributed by atoms with Gasteiger partial charge in [0, 0.05) is 6.07 Å². The van der Waals surface area contributed by atoms with Crippen LogP contribution in [0.1, 0.15) is 13.8 Å². The van der Waals surface area contributed by atoms with Crippen molar-refractivity contribution in [1.82, 2.24) is 0 Å². The first-order chi connectivity index (χ1) is 6.00. The normalized spacial score (nSPS) is 10.6. The van der Waals surface area contributed by atoms with Crippen molar-refractivity contribution in [2.45, 2.75) is 20.0 Å². The van der Waals surface area contributed by atoms with Crippen molar-refractivity contribution in [3.63, 3.8) is 0 Å². The van der Waals surface area contributed by atoms with Gasteiger partial charge in [0.1, 0.15) is 11.6 Å². The molecule has 0 spiro atoms. The molecule has 72 valence electrons. The van der Waals surface area contributed by atoms with E-state index in [-0.39, 0.29) is 11.1 Å². The number of hydrogen-bond donors (Lipinski definition) is 0. The van der Waals surface area contributed by atoms with Crippen LogP contribution in [0.25, 0.3) is 0 Å². The minimum Gasteiger partial charge on any atom is -0.490 e. The summed E-state index contributed by atoms with van der Waals surface area (Å²) in [4.78, 5) is 0. The number of hydrogen-bond acceptors (Lipinski definition) is 1. The molecule has 0 unspecified atom stereocenters. The number of benzene rings is 1. The zero-order valence-corrected chi connectivity index (χ0v) is 9.62. The van der Waals surface area contributed by atoms with Gasteiger partial charge < -0.3 is 4.74 Å². The molecule has 4 heteroatoms. The van der Waals surface area contributed by atoms with Crippen LogP contribution in [0.5, 0.6) is 5.75 Å². The van der Waals surface area contributed by atoms with Gasteiger partial charge >= 0.3 is 0 Å². The molecule has 0 fully saturated rings. The largest absolute Gasteiger partial charge is 0.490 e. The van der Waals surface area contributed by atoms with Crippen molar-refractivity contribution in [2.75, 3.05) is 0 Å². The van der Waals surface area contributed by atoms with E-state index in [4.69, 9.17) is 16.3 Å². The smallest absolute Gasteiger partial charge is 0.143 e. The third kappa shape index (κ3) is 2.85. The van der Waals surface area contributed by atoms with E-state index < -0.39 is 5.82 Å². The van der Waals surface area contributed by atoms with Gasteiger partial charge in [-0.05, 0) is 35.8 Å². The Hall–Kier alpha value is -0.280. The second-order valence-electron chi connectivity index (χ2n) is 2.86. The van der Waals surface area contributed by atoms with Gasteiger partial charge in [-0.1, -0.05) is 11.6 Å². The van der Waals surface area contributed by atoms with E-state index in [1.54, 1.807) is 0 Å². The van der Waals surface area contributed by atoms with Crippen LogP contribution in [0, 0.1) is 5.82 Å². The predicted molar refractivity (Wildman–Crippen MR) is 54.9 cm³/mol. The Morgan fingerprint density at radius 3 is 2.62 bits per heavy atom. The lowest BCUT2D eigenvalue weighted by Crippen LogP contribution is -2.06. The quantitative estimate of drug-likeness (QED) is 0.735. The van der Waals surface area contributed by atoms with Crippen LogP contribution in [0.2, 0.25) is 5.02 Å². The summed E-state index contributed by atoms with van der Waals surface area (Å²) in [6.07, 6.45) is 0.0397. The Morgan fingerprint density at radius 2 is 2.08 bits per heavy atom. The molecule has 0 bridgehead atoms. The van der Waals surface area contributed by atoms with E-state index in [0.29, 0.717) is 10.2 Å². The van der Waals surface area contributed by atoms with E-state index in [0.717, 1.165) is 0 Å². The molecule has 0 aliphatic carbocycles. The summed E-state index contributed by atoms with van der Waals surface area (Å²) < 4.78 is 18.8. The first-order valence-corrected chi connectivity index (χ1v) is 4.99. The Kier molecular flexibility index (Phi) is 3.56. The zero-order valence-electron chi connectivity index (χ0n) is 7.27. The topological polar surface area (TPSA) is 9.23 Å². The molecule has 13 heavy (non-hydrogen) atoms. The van der Waals surface area contributed by atoms with E-state index in [1.165, 1.54) is 12.1 Å². The Bertz CT molecular complexity index is 315. The molecule has 0 heterocycles. The van der Waals surface area contributed by atoms with Crippen LogP contribution in [0.15, 0.2) is 16.6 Å². The van der Waals surface area contributed by atoms with Crippen molar-refractivity contribution in [3.05, 3.63) is 27.4 Å². The first kappa shape index (κ1) is 10.8. The molecule has 1 nitrogen and oxygen atoms in total. The first-order valence-electron chi connectivity index (χ1n) is 3.82. The highest BCUT2D eigenvalue weighted by atomic mass is 79.9. The molecule has 0 saturated heterocycles. The summed E-state index contributed by atoms with van der Waals surface area (Å²) in [7, 11) is 0. The summed E-state index contributed by atoms with van der Waals surface area (Å²) in [6, 6.07) is 2.75. The van der Waals surface area contributed by atoms with Crippen LogP contribution in [0.3, 0.4) is 0 Å². The van der Waals surface area contributed by atoms with E-state index in [1.807, 2.05) is 13.8 Å². The van der Waals surface area contributed by atoms with Crippen molar-refractivity contribution in [3.8, 4) is 5.75 Å². The molecule has 0 atom stereocenters. The second kappa shape index (κ2) is 4.29.